The average molecular weight is 546 g/mol. The standard InChI is InChI=1S/C30H35N5O5/c31-27(18-1-2-18)24(17-3-6-21(36)7-4-17)15-33-20-11-16(12-20)14-32-19-5-8-22-23(13-19)30(40)35(29(22)39)25-9-10-26(37)34-28(25)38/h3,5,8,13,15-16,18,20-21,25,32,36H,1-2,4,6-7,9-12,14,31H2,(H,34,37,38)/b27-24+,33-15?. The minimum atomic E-state index is -0.968. The van der Waals surface area contributed by atoms with E-state index in [1.165, 1.54) is 5.57 Å². The normalized spacial score (nSPS) is 29.1. The van der Waals surface area contributed by atoms with E-state index in [0.717, 1.165) is 66.9 Å². The van der Waals surface area contributed by atoms with Crippen molar-refractivity contribution in [2.24, 2.45) is 22.6 Å². The number of nitrogens with one attached hydrogen (secondary N) is 2. The number of hydrogen-bond donors (Lipinski definition) is 4. The van der Waals surface area contributed by atoms with E-state index in [1.54, 1.807) is 18.2 Å². The molecule has 1 saturated heterocycles. The van der Waals surface area contributed by atoms with Crippen LogP contribution in [0.2, 0.25) is 0 Å². The van der Waals surface area contributed by atoms with Crippen LogP contribution in [0.4, 0.5) is 5.69 Å². The lowest BCUT2D eigenvalue weighted by Gasteiger charge is -2.33. The van der Waals surface area contributed by atoms with Crippen LogP contribution in [0.5, 0.6) is 0 Å². The molecule has 5 aliphatic rings. The van der Waals surface area contributed by atoms with Crippen LogP contribution in [0.25, 0.3) is 0 Å². The first-order chi connectivity index (χ1) is 19.3. The van der Waals surface area contributed by atoms with E-state index in [2.05, 4.69) is 16.7 Å². The van der Waals surface area contributed by atoms with Crippen LogP contribution in [-0.2, 0) is 9.59 Å². The number of nitrogens with zero attached hydrogens (tertiary/aromatic N) is 2. The van der Waals surface area contributed by atoms with Gasteiger partial charge in [-0.15, -0.1) is 0 Å². The van der Waals surface area contributed by atoms with E-state index in [9.17, 15) is 24.3 Å². The Bertz CT molecular complexity index is 1350. The van der Waals surface area contributed by atoms with E-state index < -0.39 is 29.7 Å². The van der Waals surface area contributed by atoms with Gasteiger partial charge in [-0.2, -0.15) is 0 Å². The van der Waals surface area contributed by atoms with Gasteiger partial charge in [0.2, 0.25) is 11.8 Å². The Morgan fingerprint density at radius 1 is 1.07 bits per heavy atom. The highest BCUT2D eigenvalue weighted by Gasteiger charge is 2.44. The highest BCUT2D eigenvalue weighted by atomic mass is 16.3. The molecule has 1 aromatic carbocycles. The van der Waals surface area contributed by atoms with E-state index in [1.807, 2.05) is 6.21 Å². The van der Waals surface area contributed by atoms with Crippen LogP contribution in [0, 0.1) is 11.8 Å². The molecular weight excluding hydrogens is 510 g/mol. The van der Waals surface area contributed by atoms with Crippen LogP contribution in [-0.4, -0.2) is 64.6 Å². The SMILES string of the molecule is N/C(=C(\C=NC1CC(CNc2ccc3c(c2)C(=O)N(C2CCC(=O)NC2=O)C3=O)C1)C1=CCC(O)CC1)C1CC1. The number of fused-ring (bicyclic) bond motifs is 1. The van der Waals surface area contributed by atoms with E-state index in [-0.39, 0.29) is 36.1 Å². The molecule has 2 unspecified atom stereocenters. The van der Waals surface area contributed by atoms with E-state index in [4.69, 9.17) is 10.7 Å². The summed E-state index contributed by atoms with van der Waals surface area (Å²) in [4.78, 5) is 55.5. The maximum Gasteiger partial charge on any atom is 0.262 e. The molecule has 3 fully saturated rings. The number of allylic oxidation sites excluding steroid dienone is 3. The molecule has 210 valence electrons. The molecule has 6 rings (SSSR count). The third-order valence-electron chi connectivity index (χ3n) is 8.72. The van der Waals surface area contributed by atoms with E-state index >= 15 is 0 Å². The number of carbonyl (C=O) groups is 4. The number of nitrogens with two attached hydrogens (primary N) is 1. The molecule has 2 atom stereocenters. The summed E-state index contributed by atoms with van der Waals surface area (Å²) in [5.74, 6) is -1.12. The maximum absolute atomic E-state index is 13.1. The first kappa shape index (κ1) is 26.4. The molecular formula is C30H35N5O5. The first-order valence-electron chi connectivity index (χ1n) is 14.3. The second-order valence-corrected chi connectivity index (χ2v) is 11.7. The van der Waals surface area contributed by atoms with Gasteiger partial charge in [0, 0.05) is 36.1 Å². The minimum Gasteiger partial charge on any atom is -0.401 e. The molecule has 40 heavy (non-hydrogen) atoms. The Hall–Kier alpha value is -3.79. The molecule has 10 nitrogen and oxygen atoms in total. The second kappa shape index (κ2) is 10.6. The molecule has 0 spiro atoms. The predicted molar refractivity (Wildman–Crippen MR) is 148 cm³/mol. The number of aliphatic imine (C=N–C) groups is 1. The molecule has 1 aromatic rings. The van der Waals surface area contributed by atoms with Gasteiger partial charge < -0.3 is 16.2 Å². The van der Waals surface area contributed by atoms with Crippen LogP contribution >= 0.6 is 0 Å². The monoisotopic (exact) mass is 545 g/mol. The summed E-state index contributed by atoms with van der Waals surface area (Å²) in [5.41, 5.74) is 11.0. The predicted octanol–water partition coefficient (Wildman–Crippen LogP) is 2.44. The number of aliphatic hydroxyl groups excluding tert-OH is 1. The fourth-order valence-electron chi connectivity index (χ4n) is 6.03. The minimum absolute atomic E-state index is 0.0938. The van der Waals surface area contributed by atoms with Crippen LogP contribution in [0.1, 0.15) is 78.5 Å². The van der Waals surface area contributed by atoms with Gasteiger partial charge in [0.05, 0.1) is 23.3 Å². The van der Waals surface area contributed by atoms with Crippen molar-refractivity contribution >= 4 is 35.5 Å². The van der Waals surface area contributed by atoms with Gasteiger partial charge in [-0.25, -0.2) is 0 Å². The fourth-order valence-corrected chi connectivity index (χ4v) is 6.03. The van der Waals surface area contributed by atoms with Crippen molar-refractivity contribution < 1.29 is 24.3 Å². The summed E-state index contributed by atoms with van der Waals surface area (Å²) in [5, 5.41) is 15.5. The lowest BCUT2D eigenvalue weighted by molar-refractivity contribution is -0.136. The molecule has 5 N–H and O–H groups in total. The van der Waals surface area contributed by atoms with Gasteiger partial charge in [-0.05, 0) is 87.0 Å². The Balaban J connectivity index is 1.04. The van der Waals surface area contributed by atoms with Crippen molar-refractivity contribution in [3.05, 3.63) is 52.2 Å². The Kier molecular flexibility index (Phi) is 7.04. The van der Waals surface area contributed by atoms with Crippen LogP contribution in [0.15, 0.2) is 46.1 Å². The molecule has 0 radical (unpaired) electrons. The van der Waals surface area contributed by atoms with Crippen molar-refractivity contribution in [3.8, 4) is 0 Å². The van der Waals surface area contributed by atoms with Crippen LogP contribution < -0.4 is 16.4 Å². The number of hydrogen-bond acceptors (Lipinski definition) is 8. The number of carbonyl (C=O) groups excluding carboxylic acids is 4. The summed E-state index contributed by atoms with van der Waals surface area (Å²) in [6.07, 6.45) is 10.4. The zero-order valence-corrected chi connectivity index (χ0v) is 22.4. The number of anilines is 1. The third-order valence-corrected chi connectivity index (χ3v) is 8.72. The Labute approximate surface area is 232 Å². The van der Waals surface area contributed by atoms with Crippen molar-refractivity contribution in [3.63, 3.8) is 0 Å². The Morgan fingerprint density at radius 3 is 2.55 bits per heavy atom. The van der Waals surface area contributed by atoms with Gasteiger partial charge >= 0.3 is 0 Å². The summed E-state index contributed by atoms with van der Waals surface area (Å²) < 4.78 is 0. The molecule has 2 aliphatic heterocycles. The van der Waals surface area contributed by atoms with Crippen molar-refractivity contribution in [1.29, 1.82) is 0 Å². The zero-order chi connectivity index (χ0) is 28.0. The second-order valence-electron chi connectivity index (χ2n) is 11.7. The topological polar surface area (TPSA) is 154 Å². The molecule has 0 bridgehead atoms. The van der Waals surface area contributed by atoms with Gasteiger partial charge in [0.15, 0.2) is 0 Å². The zero-order valence-electron chi connectivity index (χ0n) is 22.4. The smallest absolute Gasteiger partial charge is 0.262 e. The molecule has 2 heterocycles. The molecule has 10 heteroatoms. The molecule has 3 aliphatic carbocycles. The first-order valence-corrected chi connectivity index (χ1v) is 14.3. The lowest BCUT2D eigenvalue weighted by atomic mass is 9.80. The van der Waals surface area contributed by atoms with Crippen LogP contribution in [0.3, 0.4) is 0 Å². The third kappa shape index (κ3) is 5.20. The van der Waals surface area contributed by atoms with Gasteiger partial charge in [0.25, 0.3) is 11.8 Å². The average Bonchev–Trinajstić information content (AvgIpc) is 3.73. The van der Waals surface area contributed by atoms with Gasteiger partial charge in [0.1, 0.15) is 6.04 Å². The summed E-state index contributed by atoms with van der Waals surface area (Å²) in [7, 11) is 0. The number of aliphatic hydroxyl groups is 1. The number of amides is 4. The number of imide groups is 2. The highest BCUT2D eigenvalue weighted by Crippen LogP contribution is 2.38. The lowest BCUT2D eigenvalue weighted by Crippen LogP contribution is -2.54. The quantitative estimate of drug-likeness (QED) is 0.289. The highest BCUT2D eigenvalue weighted by molar-refractivity contribution is 6.23. The van der Waals surface area contributed by atoms with Gasteiger partial charge in [-0.3, -0.25) is 34.4 Å². The fraction of sp³-hybridized carbons (Fsp3) is 0.500. The number of piperidine rings is 1. The van der Waals surface area contributed by atoms with E-state index in [0.29, 0.717) is 18.3 Å². The molecule has 4 amide bonds. The number of benzene rings is 1. The number of rotatable bonds is 8. The maximum atomic E-state index is 13.1. The Morgan fingerprint density at radius 2 is 1.85 bits per heavy atom. The van der Waals surface area contributed by atoms with Crippen molar-refractivity contribution in [1.82, 2.24) is 10.2 Å². The largest absolute Gasteiger partial charge is 0.401 e. The van der Waals surface area contributed by atoms with Crippen molar-refractivity contribution in [2.75, 3.05) is 11.9 Å². The summed E-state index contributed by atoms with van der Waals surface area (Å²) in [6, 6.07) is 4.34. The molecule has 0 aromatic heterocycles. The summed E-state index contributed by atoms with van der Waals surface area (Å²) in [6.45, 7) is 0.722. The van der Waals surface area contributed by atoms with Gasteiger partial charge in [-0.1, -0.05) is 6.08 Å². The molecule has 2 saturated carbocycles. The van der Waals surface area contributed by atoms with Crippen molar-refractivity contribution in [2.45, 2.75) is 76.0 Å². The summed E-state index contributed by atoms with van der Waals surface area (Å²) >= 11 is 0.